The molecule has 0 spiro atoms. The van der Waals surface area contributed by atoms with Crippen LogP contribution in [-0.2, 0) is 13.0 Å². The van der Waals surface area contributed by atoms with Crippen molar-refractivity contribution in [2.75, 3.05) is 6.54 Å². The SMILES string of the molecule is Cc1ccc(OCc2cc(C)on2)c(CCN)n1. The summed E-state index contributed by atoms with van der Waals surface area (Å²) in [6.45, 7) is 4.73. The minimum absolute atomic E-state index is 0.375. The smallest absolute Gasteiger partial charge is 0.141 e. The molecule has 2 rings (SSSR count). The van der Waals surface area contributed by atoms with E-state index in [0.717, 1.165) is 28.6 Å². The monoisotopic (exact) mass is 247 g/mol. The molecule has 0 atom stereocenters. The van der Waals surface area contributed by atoms with Crippen molar-refractivity contribution >= 4 is 0 Å². The van der Waals surface area contributed by atoms with Gasteiger partial charge in [0.15, 0.2) is 0 Å². The van der Waals surface area contributed by atoms with Crippen molar-refractivity contribution in [1.82, 2.24) is 10.1 Å². The van der Waals surface area contributed by atoms with E-state index in [1.807, 2.05) is 32.0 Å². The molecule has 0 aliphatic carbocycles. The number of nitrogens with zero attached hydrogens (tertiary/aromatic N) is 2. The van der Waals surface area contributed by atoms with Crippen molar-refractivity contribution in [2.24, 2.45) is 5.73 Å². The van der Waals surface area contributed by atoms with E-state index in [1.54, 1.807) is 0 Å². The normalized spacial score (nSPS) is 10.6. The third kappa shape index (κ3) is 3.07. The zero-order valence-corrected chi connectivity index (χ0v) is 10.6. The zero-order valence-electron chi connectivity index (χ0n) is 10.6. The number of aryl methyl sites for hydroxylation is 2. The summed E-state index contributed by atoms with van der Waals surface area (Å²) in [5, 5.41) is 3.88. The molecule has 5 heteroatoms. The van der Waals surface area contributed by atoms with E-state index in [-0.39, 0.29) is 0 Å². The maximum absolute atomic E-state index is 5.70. The summed E-state index contributed by atoms with van der Waals surface area (Å²) in [6.07, 6.45) is 0.703. The van der Waals surface area contributed by atoms with Crippen LogP contribution in [0.25, 0.3) is 0 Å². The lowest BCUT2D eigenvalue weighted by Gasteiger charge is -2.09. The molecule has 0 amide bonds. The summed E-state index contributed by atoms with van der Waals surface area (Å²) < 4.78 is 10.7. The van der Waals surface area contributed by atoms with Crippen LogP contribution in [0.1, 0.15) is 22.8 Å². The van der Waals surface area contributed by atoms with E-state index in [0.29, 0.717) is 19.6 Å². The number of rotatable bonds is 5. The fraction of sp³-hybridized carbons (Fsp3) is 0.385. The highest BCUT2D eigenvalue weighted by Crippen LogP contribution is 2.18. The average molecular weight is 247 g/mol. The van der Waals surface area contributed by atoms with Crippen molar-refractivity contribution in [3.8, 4) is 5.75 Å². The Morgan fingerprint density at radius 1 is 1.33 bits per heavy atom. The van der Waals surface area contributed by atoms with E-state index >= 15 is 0 Å². The summed E-state index contributed by atoms with van der Waals surface area (Å²) in [7, 11) is 0. The van der Waals surface area contributed by atoms with Gasteiger partial charge in [0.25, 0.3) is 0 Å². The first kappa shape index (κ1) is 12.6. The molecule has 96 valence electrons. The van der Waals surface area contributed by atoms with Gasteiger partial charge in [-0.15, -0.1) is 0 Å². The minimum atomic E-state index is 0.375. The maximum atomic E-state index is 5.70. The van der Waals surface area contributed by atoms with Gasteiger partial charge in [-0.1, -0.05) is 5.16 Å². The van der Waals surface area contributed by atoms with Crippen molar-refractivity contribution < 1.29 is 9.26 Å². The highest BCUT2D eigenvalue weighted by atomic mass is 16.5. The Hall–Kier alpha value is -1.88. The van der Waals surface area contributed by atoms with Crippen LogP contribution in [0.3, 0.4) is 0 Å². The highest BCUT2D eigenvalue weighted by molar-refractivity contribution is 5.29. The first-order valence-electron chi connectivity index (χ1n) is 5.90. The van der Waals surface area contributed by atoms with Gasteiger partial charge < -0.3 is 15.0 Å². The summed E-state index contributed by atoms with van der Waals surface area (Å²) in [5.41, 5.74) is 8.19. The standard InChI is InChI=1S/C13H17N3O2/c1-9-3-4-13(12(15-9)5-6-14)17-8-11-7-10(2)18-16-11/h3-4,7H,5-6,8,14H2,1-2H3. The third-order valence-corrected chi connectivity index (χ3v) is 2.51. The molecule has 2 aromatic rings. The van der Waals surface area contributed by atoms with E-state index in [9.17, 15) is 0 Å². The zero-order chi connectivity index (χ0) is 13.0. The van der Waals surface area contributed by atoms with Crippen LogP contribution < -0.4 is 10.5 Å². The Kier molecular flexibility index (Phi) is 3.94. The van der Waals surface area contributed by atoms with Crippen LogP contribution in [0.15, 0.2) is 22.7 Å². The predicted molar refractivity (Wildman–Crippen MR) is 67.3 cm³/mol. The number of aromatic nitrogens is 2. The Morgan fingerprint density at radius 2 is 2.17 bits per heavy atom. The molecule has 5 nitrogen and oxygen atoms in total. The molecular formula is C13H17N3O2. The molecule has 0 saturated heterocycles. The summed E-state index contributed by atoms with van der Waals surface area (Å²) >= 11 is 0. The molecule has 2 N–H and O–H groups in total. The molecule has 2 aromatic heterocycles. The van der Waals surface area contributed by atoms with E-state index in [2.05, 4.69) is 10.1 Å². The van der Waals surface area contributed by atoms with E-state index in [1.165, 1.54) is 0 Å². The highest BCUT2D eigenvalue weighted by Gasteiger charge is 2.07. The van der Waals surface area contributed by atoms with Crippen LogP contribution in [0, 0.1) is 13.8 Å². The molecule has 2 heterocycles. The van der Waals surface area contributed by atoms with E-state index < -0.39 is 0 Å². The van der Waals surface area contributed by atoms with Crippen molar-refractivity contribution in [2.45, 2.75) is 26.9 Å². The van der Waals surface area contributed by atoms with Gasteiger partial charge in [-0.3, -0.25) is 4.98 Å². The van der Waals surface area contributed by atoms with Gasteiger partial charge in [0.2, 0.25) is 0 Å². The van der Waals surface area contributed by atoms with Gasteiger partial charge in [-0.25, -0.2) is 0 Å². The quantitative estimate of drug-likeness (QED) is 0.871. The van der Waals surface area contributed by atoms with Gasteiger partial charge in [-0.2, -0.15) is 0 Å². The molecule has 0 radical (unpaired) electrons. The maximum Gasteiger partial charge on any atom is 0.141 e. The number of nitrogens with two attached hydrogens (primary N) is 1. The van der Waals surface area contributed by atoms with E-state index in [4.69, 9.17) is 15.0 Å². The van der Waals surface area contributed by atoms with Crippen molar-refractivity contribution in [3.05, 3.63) is 41.0 Å². The van der Waals surface area contributed by atoms with Gasteiger partial charge in [0.05, 0.1) is 5.69 Å². The lowest BCUT2D eigenvalue weighted by Crippen LogP contribution is -2.08. The molecule has 0 fully saturated rings. The molecule has 0 aromatic carbocycles. The third-order valence-electron chi connectivity index (χ3n) is 2.51. The van der Waals surface area contributed by atoms with Crippen LogP contribution in [0.4, 0.5) is 0 Å². The summed E-state index contributed by atoms with van der Waals surface area (Å²) in [4.78, 5) is 4.43. The number of pyridine rings is 1. The minimum Gasteiger partial charge on any atom is -0.485 e. The summed E-state index contributed by atoms with van der Waals surface area (Å²) in [6, 6.07) is 5.69. The first-order valence-corrected chi connectivity index (χ1v) is 5.90. The number of hydrogen-bond donors (Lipinski definition) is 1. The van der Waals surface area contributed by atoms with Gasteiger partial charge in [0.1, 0.15) is 23.8 Å². The Labute approximate surface area is 106 Å². The topological polar surface area (TPSA) is 74.2 Å². The molecule has 0 unspecified atom stereocenters. The summed E-state index contributed by atoms with van der Waals surface area (Å²) in [5.74, 6) is 1.53. The largest absolute Gasteiger partial charge is 0.485 e. The fourth-order valence-corrected chi connectivity index (χ4v) is 1.68. The second-order valence-corrected chi connectivity index (χ2v) is 4.15. The second-order valence-electron chi connectivity index (χ2n) is 4.15. The molecule has 0 bridgehead atoms. The van der Waals surface area contributed by atoms with Crippen molar-refractivity contribution in [3.63, 3.8) is 0 Å². The Morgan fingerprint density at radius 3 is 2.83 bits per heavy atom. The predicted octanol–water partition coefficient (Wildman–Crippen LogP) is 1.77. The molecular weight excluding hydrogens is 230 g/mol. The van der Waals surface area contributed by atoms with Gasteiger partial charge in [0, 0.05) is 18.2 Å². The lowest BCUT2D eigenvalue weighted by atomic mass is 10.2. The number of ether oxygens (including phenoxy) is 1. The van der Waals surface area contributed by atoms with Gasteiger partial charge in [-0.05, 0) is 32.5 Å². The van der Waals surface area contributed by atoms with Crippen LogP contribution in [0.5, 0.6) is 5.75 Å². The Bertz CT molecular complexity index is 523. The molecule has 0 aliphatic heterocycles. The molecule has 0 saturated carbocycles. The molecule has 18 heavy (non-hydrogen) atoms. The van der Waals surface area contributed by atoms with Crippen LogP contribution >= 0.6 is 0 Å². The fourth-order valence-electron chi connectivity index (χ4n) is 1.68. The Balaban J connectivity index is 2.08. The molecule has 0 aliphatic rings. The lowest BCUT2D eigenvalue weighted by molar-refractivity contribution is 0.283. The van der Waals surface area contributed by atoms with Crippen molar-refractivity contribution in [1.29, 1.82) is 0 Å². The second kappa shape index (κ2) is 5.64. The number of hydrogen-bond acceptors (Lipinski definition) is 5. The van der Waals surface area contributed by atoms with Gasteiger partial charge >= 0.3 is 0 Å². The first-order chi connectivity index (χ1) is 8.69. The van der Waals surface area contributed by atoms with Crippen LogP contribution in [0.2, 0.25) is 0 Å². The average Bonchev–Trinajstić information content (AvgIpc) is 2.75. The van der Waals surface area contributed by atoms with Crippen LogP contribution in [-0.4, -0.2) is 16.7 Å².